The SMILES string of the molecule is Cc1ccc(NON2C(=O)N([C@H](C)c3ccccc3)CC2CO)cc1. The van der Waals surface area contributed by atoms with E-state index in [0.29, 0.717) is 6.54 Å². The van der Waals surface area contributed by atoms with Crippen molar-refractivity contribution in [1.82, 2.24) is 9.96 Å². The molecule has 0 aliphatic carbocycles. The number of nitrogens with one attached hydrogen (secondary N) is 1. The van der Waals surface area contributed by atoms with E-state index in [1.54, 1.807) is 4.90 Å². The summed E-state index contributed by atoms with van der Waals surface area (Å²) < 4.78 is 0. The van der Waals surface area contributed by atoms with Crippen molar-refractivity contribution in [2.24, 2.45) is 0 Å². The highest BCUT2D eigenvalue weighted by Crippen LogP contribution is 2.27. The molecule has 2 amide bonds. The molecule has 0 saturated carbocycles. The van der Waals surface area contributed by atoms with E-state index in [0.717, 1.165) is 16.8 Å². The molecule has 1 aliphatic heterocycles. The maximum absolute atomic E-state index is 12.7. The van der Waals surface area contributed by atoms with E-state index in [1.807, 2.05) is 68.4 Å². The molecule has 0 bridgehead atoms. The van der Waals surface area contributed by atoms with Crippen LogP contribution in [-0.2, 0) is 4.94 Å². The minimum absolute atomic E-state index is 0.101. The van der Waals surface area contributed by atoms with Crippen LogP contribution in [0.2, 0.25) is 0 Å². The lowest BCUT2D eigenvalue weighted by Crippen LogP contribution is -2.38. The zero-order chi connectivity index (χ0) is 17.8. The summed E-state index contributed by atoms with van der Waals surface area (Å²) in [6, 6.07) is 16.7. The average Bonchev–Trinajstić information content (AvgIpc) is 2.97. The molecule has 1 heterocycles. The fraction of sp³-hybridized carbons (Fsp3) is 0.316. The third kappa shape index (κ3) is 3.75. The van der Waals surface area contributed by atoms with Gasteiger partial charge in [0.15, 0.2) is 0 Å². The average molecular weight is 341 g/mol. The van der Waals surface area contributed by atoms with Crippen molar-refractivity contribution in [1.29, 1.82) is 0 Å². The van der Waals surface area contributed by atoms with Crippen molar-refractivity contribution in [3.63, 3.8) is 0 Å². The van der Waals surface area contributed by atoms with Gasteiger partial charge in [-0.15, -0.1) is 0 Å². The number of aliphatic hydroxyl groups is 1. The van der Waals surface area contributed by atoms with Crippen LogP contribution in [0.15, 0.2) is 54.6 Å². The summed E-state index contributed by atoms with van der Waals surface area (Å²) >= 11 is 0. The first-order chi connectivity index (χ1) is 12.1. The number of benzene rings is 2. The molecule has 1 unspecified atom stereocenters. The minimum Gasteiger partial charge on any atom is -0.394 e. The summed E-state index contributed by atoms with van der Waals surface area (Å²) in [4.78, 5) is 19.9. The van der Waals surface area contributed by atoms with Crippen molar-refractivity contribution in [2.75, 3.05) is 18.6 Å². The molecule has 2 atom stereocenters. The standard InChI is InChI=1S/C19H23N3O3/c1-14-8-10-17(11-9-14)20-25-22-18(13-23)12-21(19(22)24)15(2)16-6-4-3-5-7-16/h3-11,15,18,20,23H,12-13H2,1-2H3/t15-,18?/m1/s1. The summed E-state index contributed by atoms with van der Waals surface area (Å²) in [5, 5.41) is 10.8. The number of carbonyl (C=O) groups is 1. The Labute approximate surface area is 147 Å². The molecule has 3 rings (SSSR count). The summed E-state index contributed by atoms with van der Waals surface area (Å²) in [6.45, 7) is 4.21. The Kier molecular flexibility index (Phi) is 5.21. The third-order valence-electron chi connectivity index (χ3n) is 4.45. The summed E-state index contributed by atoms with van der Waals surface area (Å²) in [5.41, 5.74) is 5.70. The van der Waals surface area contributed by atoms with E-state index in [9.17, 15) is 9.90 Å². The molecule has 1 saturated heterocycles. The van der Waals surface area contributed by atoms with E-state index in [2.05, 4.69) is 5.48 Å². The normalized spacial score (nSPS) is 18.5. The topological polar surface area (TPSA) is 65.0 Å². The monoisotopic (exact) mass is 341 g/mol. The first-order valence-corrected chi connectivity index (χ1v) is 8.35. The van der Waals surface area contributed by atoms with Gasteiger partial charge in [0, 0.05) is 6.54 Å². The van der Waals surface area contributed by atoms with Gasteiger partial charge < -0.3 is 10.0 Å². The van der Waals surface area contributed by atoms with Gasteiger partial charge in [0.25, 0.3) is 0 Å². The Balaban J connectivity index is 1.69. The zero-order valence-corrected chi connectivity index (χ0v) is 14.4. The number of hydrogen-bond donors (Lipinski definition) is 2. The molecule has 0 spiro atoms. The first kappa shape index (κ1) is 17.3. The van der Waals surface area contributed by atoms with Crippen LogP contribution in [0.5, 0.6) is 0 Å². The maximum atomic E-state index is 12.7. The Bertz CT molecular complexity index is 706. The van der Waals surface area contributed by atoms with Crippen LogP contribution in [0.4, 0.5) is 10.5 Å². The Morgan fingerprint density at radius 1 is 1.20 bits per heavy atom. The second-order valence-electron chi connectivity index (χ2n) is 6.24. The molecule has 2 aromatic rings. The fourth-order valence-corrected chi connectivity index (χ4v) is 2.87. The highest BCUT2D eigenvalue weighted by molar-refractivity contribution is 5.76. The second kappa shape index (κ2) is 7.55. The number of hydroxylamine groups is 2. The first-order valence-electron chi connectivity index (χ1n) is 8.35. The maximum Gasteiger partial charge on any atom is 0.346 e. The van der Waals surface area contributed by atoms with Gasteiger partial charge in [0.1, 0.15) is 6.04 Å². The number of nitrogens with zero attached hydrogens (tertiary/aromatic N) is 2. The molecule has 2 N–H and O–H groups in total. The van der Waals surface area contributed by atoms with Gasteiger partial charge in [-0.3, -0.25) is 0 Å². The summed E-state index contributed by atoms with van der Waals surface area (Å²) in [5.74, 6) is 0. The second-order valence-corrected chi connectivity index (χ2v) is 6.24. The number of aryl methyl sites for hydroxylation is 1. The molecule has 6 nitrogen and oxygen atoms in total. The van der Waals surface area contributed by atoms with Crippen LogP contribution in [0.1, 0.15) is 24.1 Å². The van der Waals surface area contributed by atoms with Crippen LogP contribution in [0, 0.1) is 6.92 Å². The van der Waals surface area contributed by atoms with E-state index in [-0.39, 0.29) is 18.7 Å². The van der Waals surface area contributed by atoms with Crippen LogP contribution in [0.25, 0.3) is 0 Å². The van der Waals surface area contributed by atoms with Crippen molar-refractivity contribution in [3.05, 3.63) is 65.7 Å². The van der Waals surface area contributed by atoms with E-state index < -0.39 is 6.04 Å². The molecule has 6 heteroatoms. The van der Waals surface area contributed by atoms with Crippen molar-refractivity contribution in [2.45, 2.75) is 25.9 Å². The van der Waals surface area contributed by atoms with E-state index >= 15 is 0 Å². The highest BCUT2D eigenvalue weighted by atomic mass is 16.8. The summed E-state index contributed by atoms with van der Waals surface area (Å²) in [6.07, 6.45) is 0. The number of urea groups is 1. The molecule has 1 fully saturated rings. The number of amides is 2. The number of anilines is 1. The largest absolute Gasteiger partial charge is 0.394 e. The number of hydrogen-bond acceptors (Lipinski definition) is 4. The Morgan fingerprint density at radius 3 is 2.52 bits per heavy atom. The van der Waals surface area contributed by atoms with Crippen molar-refractivity contribution >= 4 is 11.7 Å². The molecule has 25 heavy (non-hydrogen) atoms. The lowest BCUT2D eigenvalue weighted by Gasteiger charge is -2.24. The molecular weight excluding hydrogens is 318 g/mol. The van der Waals surface area contributed by atoms with Gasteiger partial charge in [-0.1, -0.05) is 48.0 Å². The zero-order valence-electron chi connectivity index (χ0n) is 14.4. The van der Waals surface area contributed by atoms with Crippen LogP contribution in [-0.4, -0.2) is 40.3 Å². The van der Waals surface area contributed by atoms with Crippen LogP contribution in [0.3, 0.4) is 0 Å². The molecule has 1 aliphatic rings. The molecule has 0 aromatic heterocycles. The van der Waals surface area contributed by atoms with Crippen molar-refractivity contribution in [3.8, 4) is 0 Å². The molecule has 132 valence electrons. The fourth-order valence-electron chi connectivity index (χ4n) is 2.87. The Morgan fingerprint density at radius 2 is 1.88 bits per heavy atom. The minimum atomic E-state index is -0.420. The quantitative estimate of drug-likeness (QED) is 0.793. The van der Waals surface area contributed by atoms with Gasteiger partial charge >= 0.3 is 6.03 Å². The van der Waals surface area contributed by atoms with Crippen LogP contribution < -0.4 is 5.48 Å². The lowest BCUT2D eigenvalue weighted by atomic mass is 10.1. The van der Waals surface area contributed by atoms with Gasteiger partial charge in [0.2, 0.25) is 0 Å². The van der Waals surface area contributed by atoms with E-state index in [4.69, 9.17) is 4.94 Å². The Hall–Kier alpha value is -2.57. The lowest BCUT2D eigenvalue weighted by molar-refractivity contribution is -0.110. The number of carbonyl (C=O) groups excluding carboxylic acids is 1. The van der Waals surface area contributed by atoms with E-state index in [1.165, 1.54) is 5.06 Å². The smallest absolute Gasteiger partial charge is 0.346 e. The molecule has 2 aromatic carbocycles. The highest BCUT2D eigenvalue weighted by Gasteiger charge is 2.41. The third-order valence-corrected chi connectivity index (χ3v) is 4.45. The number of aliphatic hydroxyl groups excluding tert-OH is 1. The van der Waals surface area contributed by atoms with Gasteiger partial charge in [-0.25, -0.2) is 10.3 Å². The van der Waals surface area contributed by atoms with Gasteiger partial charge in [-0.05, 0) is 31.5 Å². The number of rotatable bonds is 6. The van der Waals surface area contributed by atoms with Crippen molar-refractivity contribution < 1.29 is 14.8 Å². The molecule has 0 radical (unpaired) electrons. The van der Waals surface area contributed by atoms with Gasteiger partial charge in [0.05, 0.1) is 18.3 Å². The molecular formula is C19H23N3O3. The van der Waals surface area contributed by atoms with Crippen LogP contribution >= 0.6 is 0 Å². The predicted molar refractivity (Wildman–Crippen MR) is 95.6 cm³/mol. The summed E-state index contributed by atoms with van der Waals surface area (Å²) in [7, 11) is 0. The predicted octanol–water partition coefficient (Wildman–Crippen LogP) is 3.11. The van der Waals surface area contributed by atoms with Gasteiger partial charge in [-0.2, -0.15) is 10.0 Å².